The number of rotatable bonds is 3. The van der Waals surface area contributed by atoms with Crippen molar-refractivity contribution < 1.29 is 4.79 Å². The van der Waals surface area contributed by atoms with Crippen molar-refractivity contribution in [2.24, 2.45) is 17.8 Å². The lowest BCUT2D eigenvalue weighted by Gasteiger charge is -2.33. The molecule has 4 fully saturated rings. The molecule has 5 rings (SSSR count). The van der Waals surface area contributed by atoms with Crippen LogP contribution in [0.5, 0.6) is 0 Å². The predicted molar refractivity (Wildman–Crippen MR) is 94.2 cm³/mol. The van der Waals surface area contributed by atoms with Crippen LogP contribution in [0, 0.1) is 17.8 Å². The Hall–Kier alpha value is -1.17. The van der Waals surface area contributed by atoms with Gasteiger partial charge in [-0.05, 0) is 50.4 Å². The minimum atomic E-state index is 0.232. The van der Waals surface area contributed by atoms with Crippen molar-refractivity contribution in [1.82, 2.24) is 15.1 Å². The van der Waals surface area contributed by atoms with Crippen molar-refractivity contribution in [1.29, 1.82) is 0 Å². The number of aromatic nitrogens is 2. The first kappa shape index (κ1) is 15.1. The minimum Gasteiger partial charge on any atom is -0.347 e. The molecular formula is C18H26N4OS. The molecule has 0 N–H and O–H groups in total. The van der Waals surface area contributed by atoms with Gasteiger partial charge in [-0.15, -0.1) is 10.2 Å². The predicted octanol–water partition coefficient (Wildman–Crippen LogP) is 2.89. The van der Waals surface area contributed by atoms with E-state index in [2.05, 4.69) is 20.0 Å². The van der Waals surface area contributed by atoms with Gasteiger partial charge in [0.2, 0.25) is 11.0 Å². The Labute approximate surface area is 147 Å². The summed E-state index contributed by atoms with van der Waals surface area (Å²) in [7, 11) is 0. The number of amides is 1. The average molecular weight is 347 g/mol. The van der Waals surface area contributed by atoms with E-state index in [-0.39, 0.29) is 5.92 Å². The summed E-state index contributed by atoms with van der Waals surface area (Å²) in [6.07, 6.45) is 8.57. The van der Waals surface area contributed by atoms with E-state index in [1.54, 1.807) is 11.3 Å². The van der Waals surface area contributed by atoms with Gasteiger partial charge in [0.05, 0.1) is 0 Å². The van der Waals surface area contributed by atoms with Crippen LogP contribution in [-0.4, -0.2) is 47.2 Å². The summed E-state index contributed by atoms with van der Waals surface area (Å²) in [5, 5.41) is 11.0. The van der Waals surface area contributed by atoms with Crippen molar-refractivity contribution in [3.8, 4) is 0 Å². The highest BCUT2D eigenvalue weighted by Gasteiger charge is 2.40. The van der Waals surface area contributed by atoms with E-state index < -0.39 is 0 Å². The van der Waals surface area contributed by atoms with Crippen molar-refractivity contribution in [2.45, 2.75) is 50.9 Å². The van der Waals surface area contributed by atoms with Crippen molar-refractivity contribution >= 4 is 22.4 Å². The topological polar surface area (TPSA) is 49.3 Å². The molecule has 1 amide bonds. The highest BCUT2D eigenvalue weighted by molar-refractivity contribution is 7.15. The van der Waals surface area contributed by atoms with E-state index in [9.17, 15) is 4.79 Å². The van der Waals surface area contributed by atoms with Gasteiger partial charge in [-0.3, -0.25) is 4.79 Å². The number of likely N-dealkylation sites (tertiary alicyclic amines) is 1. The largest absolute Gasteiger partial charge is 0.347 e. The normalized spacial score (nSPS) is 30.8. The number of carbonyl (C=O) groups is 1. The molecule has 6 heteroatoms. The van der Waals surface area contributed by atoms with Crippen LogP contribution in [0.3, 0.4) is 0 Å². The Balaban J connectivity index is 1.17. The first-order valence-electron chi connectivity index (χ1n) is 9.65. The Kier molecular flexibility index (Phi) is 3.76. The van der Waals surface area contributed by atoms with Gasteiger partial charge < -0.3 is 9.80 Å². The summed E-state index contributed by atoms with van der Waals surface area (Å²) in [5.41, 5.74) is 0. The number of piperidine rings is 1. The SMILES string of the molecule is O=C(C1CCN(c2nnc(C3CC3)s2)CC1)N1CC2CCCC2C1. The van der Waals surface area contributed by atoms with E-state index in [1.807, 2.05) is 0 Å². The second-order valence-electron chi connectivity index (χ2n) is 8.15. The van der Waals surface area contributed by atoms with Crippen LogP contribution < -0.4 is 4.90 Å². The zero-order chi connectivity index (χ0) is 16.1. The Morgan fingerprint density at radius 1 is 0.958 bits per heavy atom. The fraction of sp³-hybridized carbons (Fsp3) is 0.833. The smallest absolute Gasteiger partial charge is 0.225 e. The highest BCUT2D eigenvalue weighted by Crippen LogP contribution is 2.43. The molecule has 2 saturated heterocycles. The van der Waals surface area contributed by atoms with Gasteiger partial charge >= 0.3 is 0 Å². The third-order valence-corrected chi connectivity index (χ3v) is 7.66. The van der Waals surface area contributed by atoms with E-state index >= 15 is 0 Å². The third-order valence-electron chi connectivity index (χ3n) is 6.51. The second-order valence-corrected chi connectivity index (χ2v) is 9.14. The summed E-state index contributed by atoms with van der Waals surface area (Å²) in [6, 6.07) is 0. The molecule has 2 aliphatic heterocycles. The van der Waals surface area contributed by atoms with Gasteiger partial charge in [-0.25, -0.2) is 0 Å². The molecular weight excluding hydrogens is 320 g/mol. The monoisotopic (exact) mass is 346 g/mol. The summed E-state index contributed by atoms with van der Waals surface area (Å²) in [5.74, 6) is 2.95. The van der Waals surface area contributed by atoms with Gasteiger partial charge in [0.25, 0.3) is 0 Å². The molecule has 2 unspecified atom stereocenters. The number of nitrogens with zero attached hydrogens (tertiary/aromatic N) is 4. The lowest BCUT2D eigenvalue weighted by molar-refractivity contribution is -0.135. The fourth-order valence-electron chi connectivity index (χ4n) is 4.84. The molecule has 2 atom stereocenters. The number of hydrogen-bond donors (Lipinski definition) is 0. The zero-order valence-electron chi connectivity index (χ0n) is 14.2. The first-order chi connectivity index (χ1) is 11.8. The Morgan fingerprint density at radius 3 is 2.33 bits per heavy atom. The van der Waals surface area contributed by atoms with E-state index in [0.29, 0.717) is 11.8 Å². The molecule has 0 aromatic carbocycles. The minimum absolute atomic E-state index is 0.232. The maximum Gasteiger partial charge on any atom is 0.225 e. The zero-order valence-corrected chi connectivity index (χ0v) is 15.0. The highest BCUT2D eigenvalue weighted by atomic mass is 32.1. The molecule has 1 aromatic heterocycles. The summed E-state index contributed by atoms with van der Waals surface area (Å²) in [6.45, 7) is 3.97. The first-order valence-corrected chi connectivity index (χ1v) is 10.5. The van der Waals surface area contributed by atoms with E-state index in [1.165, 1.54) is 37.1 Å². The Morgan fingerprint density at radius 2 is 1.67 bits per heavy atom. The third kappa shape index (κ3) is 2.72. The lowest BCUT2D eigenvalue weighted by atomic mass is 9.95. The standard InChI is InChI=1S/C18H26N4OS/c23-17(22-10-14-2-1-3-15(14)11-22)13-6-8-21(9-7-13)18-20-19-16(24-18)12-4-5-12/h12-15H,1-11H2. The summed E-state index contributed by atoms with van der Waals surface area (Å²) >= 11 is 1.76. The van der Waals surface area contributed by atoms with Gasteiger partial charge in [0.1, 0.15) is 5.01 Å². The van der Waals surface area contributed by atoms with Crippen LogP contribution in [-0.2, 0) is 4.79 Å². The maximum atomic E-state index is 12.9. The van der Waals surface area contributed by atoms with Crippen LogP contribution in [0.15, 0.2) is 0 Å². The lowest BCUT2D eigenvalue weighted by Crippen LogP contribution is -2.42. The van der Waals surface area contributed by atoms with E-state index in [0.717, 1.165) is 56.0 Å². The summed E-state index contributed by atoms with van der Waals surface area (Å²) in [4.78, 5) is 17.4. The maximum absolute atomic E-state index is 12.9. The molecule has 4 aliphatic rings. The van der Waals surface area contributed by atoms with Crippen molar-refractivity contribution in [3.63, 3.8) is 0 Å². The van der Waals surface area contributed by atoms with E-state index in [4.69, 9.17) is 0 Å². The van der Waals surface area contributed by atoms with Crippen molar-refractivity contribution in [3.05, 3.63) is 5.01 Å². The molecule has 3 heterocycles. The van der Waals surface area contributed by atoms with Gasteiger partial charge in [0, 0.05) is 38.0 Å². The molecule has 2 saturated carbocycles. The van der Waals surface area contributed by atoms with Crippen LogP contribution in [0.25, 0.3) is 0 Å². The average Bonchev–Trinajstić information content (AvgIpc) is 3.01. The molecule has 1 aromatic rings. The molecule has 0 radical (unpaired) electrons. The van der Waals surface area contributed by atoms with Gasteiger partial charge in [-0.2, -0.15) is 0 Å². The van der Waals surface area contributed by atoms with Crippen LogP contribution in [0.1, 0.15) is 55.9 Å². The molecule has 0 bridgehead atoms. The molecule has 130 valence electrons. The Bertz CT molecular complexity index is 608. The van der Waals surface area contributed by atoms with Crippen LogP contribution >= 0.6 is 11.3 Å². The molecule has 0 spiro atoms. The van der Waals surface area contributed by atoms with Gasteiger partial charge in [0.15, 0.2) is 0 Å². The van der Waals surface area contributed by atoms with Gasteiger partial charge in [-0.1, -0.05) is 17.8 Å². The number of carbonyl (C=O) groups excluding carboxylic acids is 1. The quantitative estimate of drug-likeness (QED) is 0.844. The van der Waals surface area contributed by atoms with Crippen LogP contribution in [0.2, 0.25) is 0 Å². The summed E-state index contributed by atoms with van der Waals surface area (Å²) < 4.78 is 0. The van der Waals surface area contributed by atoms with Crippen molar-refractivity contribution in [2.75, 3.05) is 31.1 Å². The van der Waals surface area contributed by atoms with Crippen LogP contribution in [0.4, 0.5) is 5.13 Å². The molecule has 2 aliphatic carbocycles. The molecule has 24 heavy (non-hydrogen) atoms. The number of anilines is 1. The number of fused-ring (bicyclic) bond motifs is 1. The fourth-order valence-corrected chi connectivity index (χ4v) is 5.90. The number of hydrogen-bond acceptors (Lipinski definition) is 5. The second kappa shape index (κ2) is 5.97. The molecule has 5 nitrogen and oxygen atoms in total.